The van der Waals surface area contributed by atoms with Gasteiger partial charge in [-0.25, -0.2) is 0 Å². The van der Waals surface area contributed by atoms with Crippen LogP contribution in [0.2, 0.25) is 0 Å². The standard InChI is InChI=1S/C17H16BrNO/c18-14-6-4-12(5-7-14)10-17(20)16-3-1-2-13-11-19-9-8-15(13)16/h1-7,19H,8-11H2. The highest BCUT2D eigenvalue weighted by atomic mass is 79.9. The van der Waals surface area contributed by atoms with Gasteiger partial charge in [-0.05, 0) is 41.8 Å². The van der Waals surface area contributed by atoms with Gasteiger partial charge in [0.1, 0.15) is 0 Å². The highest BCUT2D eigenvalue weighted by Gasteiger charge is 2.17. The molecule has 1 aliphatic rings. The van der Waals surface area contributed by atoms with Gasteiger partial charge in [-0.3, -0.25) is 4.79 Å². The van der Waals surface area contributed by atoms with Crippen molar-refractivity contribution in [1.82, 2.24) is 5.32 Å². The van der Waals surface area contributed by atoms with Crippen molar-refractivity contribution in [3.63, 3.8) is 0 Å². The molecular formula is C17H16BrNO. The number of carbonyl (C=O) groups is 1. The maximum Gasteiger partial charge on any atom is 0.167 e. The fourth-order valence-corrected chi connectivity index (χ4v) is 2.94. The van der Waals surface area contributed by atoms with Crippen molar-refractivity contribution in [2.45, 2.75) is 19.4 Å². The van der Waals surface area contributed by atoms with Crippen LogP contribution in [0.25, 0.3) is 0 Å². The van der Waals surface area contributed by atoms with Gasteiger partial charge in [0.15, 0.2) is 5.78 Å². The first-order valence-corrected chi connectivity index (χ1v) is 7.62. The van der Waals surface area contributed by atoms with Gasteiger partial charge in [0, 0.05) is 23.0 Å². The van der Waals surface area contributed by atoms with E-state index in [1.165, 1.54) is 11.1 Å². The molecule has 1 heterocycles. The number of Topliss-reactive ketones (excluding diaryl/α,β-unsaturated/α-hetero) is 1. The molecular weight excluding hydrogens is 314 g/mol. The molecule has 0 fully saturated rings. The van der Waals surface area contributed by atoms with Crippen LogP contribution in [0.5, 0.6) is 0 Å². The van der Waals surface area contributed by atoms with Gasteiger partial charge in [0.05, 0.1) is 0 Å². The summed E-state index contributed by atoms with van der Waals surface area (Å²) in [6, 6.07) is 14.0. The molecule has 2 aromatic carbocycles. The van der Waals surface area contributed by atoms with Crippen molar-refractivity contribution in [3.8, 4) is 0 Å². The summed E-state index contributed by atoms with van der Waals surface area (Å²) >= 11 is 3.41. The van der Waals surface area contributed by atoms with Crippen LogP contribution >= 0.6 is 15.9 Å². The Bertz CT molecular complexity index is 634. The molecule has 0 spiro atoms. The van der Waals surface area contributed by atoms with Gasteiger partial charge < -0.3 is 5.32 Å². The van der Waals surface area contributed by atoms with Crippen LogP contribution in [-0.2, 0) is 19.4 Å². The molecule has 0 amide bonds. The zero-order valence-electron chi connectivity index (χ0n) is 11.2. The number of nitrogens with one attached hydrogen (secondary N) is 1. The van der Waals surface area contributed by atoms with Crippen LogP contribution in [0, 0.1) is 0 Å². The summed E-state index contributed by atoms with van der Waals surface area (Å²) < 4.78 is 1.04. The van der Waals surface area contributed by atoms with Crippen LogP contribution in [-0.4, -0.2) is 12.3 Å². The molecule has 1 aliphatic heterocycles. The molecule has 0 aromatic heterocycles. The Balaban J connectivity index is 1.85. The Hall–Kier alpha value is -1.45. The predicted molar refractivity (Wildman–Crippen MR) is 84.0 cm³/mol. The second-order valence-electron chi connectivity index (χ2n) is 5.10. The largest absolute Gasteiger partial charge is 0.312 e. The molecule has 20 heavy (non-hydrogen) atoms. The molecule has 0 saturated carbocycles. The zero-order valence-corrected chi connectivity index (χ0v) is 12.7. The van der Waals surface area contributed by atoms with Gasteiger partial charge in [-0.15, -0.1) is 0 Å². The summed E-state index contributed by atoms with van der Waals surface area (Å²) in [5.74, 6) is 0.214. The van der Waals surface area contributed by atoms with E-state index in [9.17, 15) is 4.79 Å². The van der Waals surface area contributed by atoms with E-state index in [1.54, 1.807) is 0 Å². The fraction of sp³-hybridized carbons (Fsp3) is 0.235. The van der Waals surface area contributed by atoms with E-state index >= 15 is 0 Å². The van der Waals surface area contributed by atoms with E-state index in [1.807, 2.05) is 36.4 Å². The Morgan fingerprint density at radius 3 is 2.75 bits per heavy atom. The van der Waals surface area contributed by atoms with Gasteiger partial charge in [-0.1, -0.05) is 46.3 Å². The number of ketones is 1. The average Bonchev–Trinajstić information content (AvgIpc) is 2.49. The second kappa shape index (κ2) is 5.90. The minimum absolute atomic E-state index is 0.214. The number of halogens is 1. The summed E-state index contributed by atoms with van der Waals surface area (Å²) in [6.07, 6.45) is 1.41. The molecule has 1 N–H and O–H groups in total. The summed E-state index contributed by atoms with van der Waals surface area (Å²) in [4.78, 5) is 12.5. The van der Waals surface area contributed by atoms with Crippen molar-refractivity contribution < 1.29 is 4.79 Å². The first-order chi connectivity index (χ1) is 9.74. The van der Waals surface area contributed by atoms with E-state index in [2.05, 4.69) is 27.3 Å². The topological polar surface area (TPSA) is 29.1 Å². The van der Waals surface area contributed by atoms with Gasteiger partial charge in [0.25, 0.3) is 0 Å². The number of carbonyl (C=O) groups excluding carboxylic acids is 1. The maximum atomic E-state index is 12.5. The number of rotatable bonds is 3. The van der Waals surface area contributed by atoms with Crippen LogP contribution in [0.1, 0.15) is 27.0 Å². The lowest BCUT2D eigenvalue weighted by atomic mass is 9.91. The fourth-order valence-electron chi connectivity index (χ4n) is 2.68. The Morgan fingerprint density at radius 1 is 1.15 bits per heavy atom. The molecule has 0 aliphatic carbocycles. The lowest BCUT2D eigenvalue weighted by molar-refractivity contribution is 0.0992. The van der Waals surface area contributed by atoms with Crippen molar-refractivity contribution in [3.05, 3.63) is 69.2 Å². The minimum Gasteiger partial charge on any atom is -0.312 e. The van der Waals surface area contributed by atoms with Crippen LogP contribution in [0.15, 0.2) is 46.9 Å². The molecule has 0 atom stereocenters. The maximum absolute atomic E-state index is 12.5. The normalized spacial score (nSPS) is 13.8. The summed E-state index contributed by atoms with van der Waals surface area (Å²) in [5, 5.41) is 3.35. The molecule has 2 aromatic rings. The van der Waals surface area contributed by atoms with E-state index in [0.29, 0.717) is 6.42 Å². The number of hydrogen-bond acceptors (Lipinski definition) is 2. The van der Waals surface area contributed by atoms with Gasteiger partial charge in [-0.2, -0.15) is 0 Å². The third-order valence-corrected chi connectivity index (χ3v) is 4.25. The first-order valence-electron chi connectivity index (χ1n) is 6.83. The molecule has 3 heteroatoms. The zero-order chi connectivity index (χ0) is 13.9. The molecule has 0 unspecified atom stereocenters. The number of benzene rings is 2. The lowest BCUT2D eigenvalue weighted by Crippen LogP contribution is -2.25. The van der Waals surface area contributed by atoms with Crippen LogP contribution < -0.4 is 5.32 Å². The van der Waals surface area contributed by atoms with E-state index in [4.69, 9.17) is 0 Å². The summed E-state index contributed by atoms with van der Waals surface area (Å²) in [5.41, 5.74) is 4.45. The smallest absolute Gasteiger partial charge is 0.167 e. The SMILES string of the molecule is O=C(Cc1ccc(Br)cc1)c1cccc2c1CCNC2. The van der Waals surface area contributed by atoms with E-state index in [-0.39, 0.29) is 5.78 Å². The second-order valence-corrected chi connectivity index (χ2v) is 6.01. The highest BCUT2D eigenvalue weighted by molar-refractivity contribution is 9.10. The predicted octanol–water partition coefficient (Wildman–Crippen LogP) is 3.52. The Kier molecular flexibility index (Phi) is 3.99. The van der Waals surface area contributed by atoms with Crippen molar-refractivity contribution in [1.29, 1.82) is 0 Å². The molecule has 0 bridgehead atoms. The summed E-state index contributed by atoms with van der Waals surface area (Å²) in [6.45, 7) is 1.82. The van der Waals surface area contributed by atoms with Crippen molar-refractivity contribution in [2.24, 2.45) is 0 Å². The van der Waals surface area contributed by atoms with E-state index in [0.717, 1.165) is 35.1 Å². The first kappa shape index (κ1) is 13.5. The average molecular weight is 330 g/mol. The molecule has 2 nitrogen and oxygen atoms in total. The third-order valence-electron chi connectivity index (χ3n) is 3.72. The van der Waals surface area contributed by atoms with Crippen molar-refractivity contribution >= 4 is 21.7 Å². The third kappa shape index (κ3) is 2.84. The van der Waals surface area contributed by atoms with E-state index < -0.39 is 0 Å². The number of hydrogen-bond donors (Lipinski definition) is 1. The number of fused-ring (bicyclic) bond motifs is 1. The Labute approximate surface area is 127 Å². The van der Waals surface area contributed by atoms with Crippen LogP contribution in [0.4, 0.5) is 0 Å². The highest BCUT2D eigenvalue weighted by Crippen LogP contribution is 2.21. The molecule has 102 valence electrons. The minimum atomic E-state index is 0.214. The van der Waals surface area contributed by atoms with Gasteiger partial charge >= 0.3 is 0 Å². The van der Waals surface area contributed by atoms with Crippen molar-refractivity contribution in [2.75, 3.05) is 6.54 Å². The van der Waals surface area contributed by atoms with Gasteiger partial charge in [0.2, 0.25) is 0 Å². The molecule has 0 radical (unpaired) electrons. The Morgan fingerprint density at radius 2 is 1.95 bits per heavy atom. The molecule has 0 saturated heterocycles. The molecule has 3 rings (SSSR count). The monoisotopic (exact) mass is 329 g/mol. The quantitative estimate of drug-likeness (QED) is 0.873. The van der Waals surface area contributed by atoms with Crippen LogP contribution in [0.3, 0.4) is 0 Å². The summed E-state index contributed by atoms with van der Waals surface area (Å²) in [7, 11) is 0. The lowest BCUT2D eigenvalue weighted by Gasteiger charge is -2.19.